The number of benzene rings is 1. The fourth-order valence-electron chi connectivity index (χ4n) is 3.62. The summed E-state index contributed by atoms with van der Waals surface area (Å²) in [7, 11) is 1.60. The van der Waals surface area contributed by atoms with Gasteiger partial charge in [0.15, 0.2) is 5.69 Å². The molecule has 0 aliphatic carbocycles. The lowest BCUT2D eigenvalue weighted by Crippen LogP contribution is -2.41. The minimum atomic E-state index is -0.249. The first-order valence-corrected chi connectivity index (χ1v) is 10.9. The number of oxazole rings is 1. The van der Waals surface area contributed by atoms with Crippen molar-refractivity contribution < 1.29 is 18.7 Å². The Bertz CT molecular complexity index is 833. The molecule has 3 rings (SSSR count). The molecule has 2 heterocycles. The summed E-state index contributed by atoms with van der Waals surface area (Å²) in [6.07, 6.45) is 1.43. The summed E-state index contributed by atoms with van der Waals surface area (Å²) in [5.41, 5.74) is 4.13. The Morgan fingerprint density at radius 2 is 2.06 bits per heavy atom. The monoisotopic (exact) mass is 430 g/mol. The van der Waals surface area contributed by atoms with Crippen LogP contribution >= 0.6 is 0 Å². The van der Waals surface area contributed by atoms with Crippen LogP contribution in [0.4, 0.5) is 0 Å². The van der Waals surface area contributed by atoms with Gasteiger partial charge in [-0.3, -0.25) is 14.6 Å². The van der Waals surface area contributed by atoms with Crippen molar-refractivity contribution in [1.82, 2.24) is 20.1 Å². The van der Waals surface area contributed by atoms with Gasteiger partial charge in [-0.15, -0.1) is 0 Å². The Balaban J connectivity index is 1.64. The zero-order chi connectivity index (χ0) is 22.1. The lowest BCUT2D eigenvalue weighted by molar-refractivity contribution is 0.0320. The molecule has 0 spiro atoms. The zero-order valence-corrected chi connectivity index (χ0v) is 18.9. The molecular weight excluding hydrogens is 396 g/mol. The Hall–Kier alpha value is -2.26. The van der Waals surface area contributed by atoms with Crippen LogP contribution in [-0.4, -0.2) is 80.3 Å². The van der Waals surface area contributed by atoms with Crippen LogP contribution in [0.5, 0.6) is 0 Å². The molecule has 1 aliphatic rings. The van der Waals surface area contributed by atoms with E-state index in [1.165, 1.54) is 23.0 Å². The van der Waals surface area contributed by atoms with E-state index in [1.54, 1.807) is 7.11 Å². The van der Waals surface area contributed by atoms with Gasteiger partial charge in [-0.25, -0.2) is 4.98 Å². The highest BCUT2D eigenvalue weighted by Gasteiger charge is 2.18. The number of aryl methyl sites for hydroxylation is 2. The number of carbonyl (C=O) groups excluding carboxylic acids is 1. The van der Waals surface area contributed by atoms with Crippen LogP contribution in [0.1, 0.15) is 33.1 Å². The van der Waals surface area contributed by atoms with Crippen molar-refractivity contribution >= 4 is 5.91 Å². The van der Waals surface area contributed by atoms with Crippen LogP contribution in [0.3, 0.4) is 0 Å². The predicted octanol–water partition coefficient (Wildman–Crippen LogP) is 2.00. The van der Waals surface area contributed by atoms with Crippen molar-refractivity contribution in [3.63, 3.8) is 0 Å². The van der Waals surface area contributed by atoms with Gasteiger partial charge in [0.1, 0.15) is 6.26 Å². The summed E-state index contributed by atoms with van der Waals surface area (Å²) in [4.78, 5) is 21.3. The quantitative estimate of drug-likeness (QED) is 0.546. The summed E-state index contributed by atoms with van der Waals surface area (Å²) < 4.78 is 16.0. The molecule has 1 amide bonds. The number of hydrogen-bond donors (Lipinski definition) is 1. The molecule has 1 fully saturated rings. The Morgan fingerprint density at radius 1 is 1.26 bits per heavy atom. The molecule has 8 nitrogen and oxygen atoms in total. The third kappa shape index (κ3) is 7.43. The largest absolute Gasteiger partial charge is 0.447 e. The summed E-state index contributed by atoms with van der Waals surface area (Å²) in [6, 6.07) is 6.55. The third-order valence-corrected chi connectivity index (χ3v) is 5.46. The van der Waals surface area contributed by atoms with E-state index >= 15 is 0 Å². The van der Waals surface area contributed by atoms with Gasteiger partial charge < -0.3 is 19.2 Å². The molecule has 0 unspecified atom stereocenters. The first kappa shape index (κ1) is 23.4. The van der Waals surface area contributed by atoms with E-state index < -0.39 is 0 Å². The molecule has 0 bridgehead atoms. The number of ether oxygens (including phenoxy) is 2. The number of carbonyl (C=O) groups is 1. The van der Waals surface area contributed by atoms with Crippen LogP contribution in [0.25, 0.3) is 0 Å². The number of amides is 1. The molecule has 1 aliphatic heterocycles. The number of rotatable bonds is 11. The maximum absolute atomic E-state index is 12.2. The van der Waals surface area contributed by atoms with Crippen LogP contribution in [0.2, 0.25) is 0 Å². The van der Waals surface area contributed by atoms with Crippen molar-refractivity contribution in [3.8, 4) is 0 Å². The summed E-state index contributed by atoms with van der Waals surface area (Å²) in [5, 5.41) is 2.77. The number of methoxy groups -OCH3 is 1. The summed E-state index contributed by atoms with van der Waals surface area (Å²) in [6.45, 7) is 11.8. The van der Waals surface area contributed by atoms with Gasteiger partial charge in [-0.1, -0.05) is 23.8 Å². The van der Waals surface area contributed by atoms with E-state index in [4.69, 9.17) is 13.9 Å². The van der Waals surface area contributed by atoms with Crippen molar-refractivity contribution in [1.29, 1.82) is 0 Å². The van der Waals surface area contributed by atoms with E-state index in [1.807, 2.05) is 0 Å². The molecular formula is C23H34N4O4. The van der Waals surface area contributed by atoms with E-state index in [0.717, 1.165) is 45.9 Å². The number of aromatic nitrogens is 1. The number of morpholine rings is 1. The fourth-order valence-corrected chi connectivity index (χ4v) is 3.62. The third-order valence-electron chi connectivity index (χ3n) is 5.46. The average Bonchev–Trinajstić information content (AvgIpc) is 3.23. The lowest BCUT2D eigenvalue weighted by Gasteiger charge is -2.30. The highest BCUT2D eigenvalue weighted by atomic mass is 16.5. The van der Waals surface area contributed by atoms with E-state index in [9.17, 15) is 4.79 Å². The predicted molar refractivity (Wildman–Crippen MR) is 118 cm³/mol. The van der Waals surface area contributed by atoms with E-state index in [2.05, 4.69) is 52.1 Å². The Morgan fingerprint density at radius 3 is 2.81 bits per heavy atom. The van der Waals surface area contributed by atoms with Gasteiger partial charge in [-0.05, 0) is 25.0 Å². The molecule has 1 aromatic carbocycles. The van der Waals surface area contributed by atoms with Gasteiger partial charge in [0.25, 0.3) is 5.91 Å². The number of hydrogen-bond acceptors (Lipinski definition) is 7. The molecule has 1 saturated heterocycles. The standard InChI is InChI=1S/C23H34N4O4/c1-18-4-5-20(19(2)14-18)15-27(8-7-26-9-12-30-13-10-26)16-22-25-21(17-31-22)23(28)24-6-11-29-3/h4-5,14,17H,6-13,15-16H2,1-3H3,(H,24,28). The fraction of sp³-hybridized carbons (Fsp3) is 0.565. The first-order chi connectivity index (χ1) is 15.0. The number of nitrogens with one attached hydrogen (secondary N) is 1. The molecule has 31 heavy (non-hydrogen) atoms. The van der Waals surface area contributed by atoms with Gasteiger partial charge in [0, 0.05) is 46.4 Å². The van der Waals surface area contributed by atoms with Crippen molar-refractivity contribution in [2.24, 2.45) is 0 Å². The van der Waals surface area contributed by atoms with Gasteiger partial charge in [0.2, 0.25) is 5.89 Å². The first-order valence-electron chi connectivity index (χ1n) is 10.9. The second-order valence-electron chi connectivity index (χ2n) is 7.97. The maximum atomic E-state index is 12.2. The van der Waals surface area contributed by atoms with E-state index in [-0.39, 0.29) is 5.91 Å². The normalized spacial score (nSPS) is 14.8. The second-order valence-corrected chi connectivity index (χ2v) is 7.97. The van der Waals surface area contributed by atoms with Gasteiger partial charge in [-0.2, -0.15) is 0 Å². The molecule has 2 aromatic rings. The van der Waals surface area contributed by atoms with E-state index in [0.29, 0.717) is 31.3 Å². The molecule has 0 radical (unpaired) electrons. The van der Waals surface area contributed by atoms with Crippen molar-refractivity contribution in [3.05, 3.63) is 52.7 Å². The van der Waals surface area contributed by atoms with Gasteiger partial charge in [0.05, 0.1) is 26.4 Å². The highest BCUT2D eigenvalue weighted by molar-refractivity contribution is 5.91. The molecule has 1 aromatic heterocycles. The molecule has 8 heteroatoms. The molecule has 1 N–H and O–H groups in total. The average molecular weight is 431 g/mol. The SMILES string of the molecule is COCCNC(=O)c1coc(CN(CCN2CCOCC2)Cc2ccc(C)cc2C)n1. The van der Waals surface area contributed by atoms with Crippen molar-refractivity contribution in [2.45, 2.75) is 26.9 Å². The van der Waals surface area contributed by atoms with Crippen molar-refractivity contribution in [2.75, 3.05) is 59.7 Å². The molecule has 0 saturated carbocycles. The van der Waals surface area contributed by atoms with Crippen LogP contribution in [0.15, 0.2) is 28.9 Å². The van der Waals surface area contributed by atoms with Crippen LogP contribution in [-0.2, 0) is 22.6 Å². The highest BCUT2D eigenvalue weighted by Crippen LogP contribution is 2.16. The number of nitrogens with zero attached hydrogens (tertiary/aromatic N) is 3. The minimum Gasteiger partial charge on any atom is -0.447 e. The minimum absolute atomic E-state index is 0.249. The lowest BCUT2D eigenvalue weighted by atomic mass is 10.1. The maximum Gasteiger partial charge on any atom is 0.273 e. The summed E-state index contributed by atoms with van der Waals surface area (Å²) >= 11 is 0. The molecule has 0 atom stereocenters. The Labute approximate surface area is 184 Å². The van der Waals surface area contributed by atoms with Crippen LogP contribution in [0, 0.1) is 13.8 Å². The topological polar surface area (TPSA) is 80.1 Å². The summed E-state index contributed by atoms with van der Waals surface area (Å²) in [5.74, 6) is 0.296. The Kier molecular flexibility index (Phi) is 9.02. The second kappa shape index (κ2) is 12.0. The zero-order valence-electron chi connectivity index (χ0n) is 18.9. The van der Waals surface area contributed by atoms with Gasteiger partial charge >= 0.3 is 0 Å². The molecule has 170 valence electrons. The van der Waals surface area contributed by atoms with Crippen LogP contribution < -0.4 is 5.32 Å². The smallest absolute Gasteiger partial charge is 0.273 e.